The molecule has 188 valence electrons. The van der Waals surface area contributed by atoms with E-state index in [2.05, 4.69) is 26.1 Å². The number of amides is 2. The summed E-state index contributed by atoms with van der Waals surface area (Å²) < 4.78 is 33.3. The first-order chi connectivity index (χ1) is 17.4. The fourth-order valence-corrected chi connectivity index (χ4v) is 3.79. The SMILES string of the molecule is CCC(CC)NC(=O)c1cc(-c2cccc(C3NC=C(C(=O)NCc4c(F)cccc4F)O3)c2)n[nH]1. The average molecular weight is 496 g/mol. The Balaban J connectivity index is 1.38. The van der Waals surface area contributed by atoms with Gasteiger partial charge in [-0.1, -0.05) is 38.1 Å². The van der Waals surface area contributed by atoms with Crippen LogP contribution in [-0.4, -0.2) is 28.1 Å². The van der Waals surface area contributed by atoms with Gasteiger partial charge in [0.05, 0.1) is 5.69 Å². The molecule has 2 aromatic carbocycles. The Morgan fingerprint density at radius 2 is 1.78 bits per heavy atom. The highest BCUT2D eigenvalue weighted by molar-refractivity contribution is 5.93. The van der Waals surface area contributed by atoms with Gasteiger partial charge in [0, 0.05) is 35.5 Å². The molecule has 10 heteroatoms. The fourth-order valence-electron chi connectivity index (χ4n) is 3.79. The first kappa shape index (κ1) is 24.9. The molecule has 0 spiro atoms. The van der Waals surface area contributed by atoms with Gasteiger partial charge in [0.25, 0.3) is 11.8 Å². The summed E-state index contributed by atoms with van der Waals surface area (Å²) in [5.74, 6) is -2.31. The number of aromatic nitrogens is 2. The summed E-state index contributed by atoms with van der Waals surface area (Å²) in [4.78, 5) is 24.9. The van der Waals surface area contributed by atoms with Crippen LogP contribution in [0.15, 0.2) is 60.5 Å². The van der Waals surface area contributed by atoms with Crippen molar-refractivity contribution in [3.05, 3.63) is 88.9 Å². The summed E-state index contributed by atoms with van der Waals surface area (Å²) in [5, 5.41) is 15.4. The zero-order chi connectivity index (χ0) is 25.7. The fraction of sp³-hybridized carbons (Fsp3) is 0.269. The van der Waals surface area contributed by atoms with E-state index >= 15 is 0 Å². The Hall–Kier alpha value is -4.21. The molecule has 1 aromatic heterocycles. The molecule has 0 bridgehead atoms. The number of ether oxygens (including phenoxy) is 1. The number of hydrogen-bond donors (Lipinski definition) is 4. The van der Waals surface area contributed by atoms with E-state index in [0.717, 1.165) is 36.1 Å². The molecule has 0 saturated heterocycles. The first-order valence-corrected chi connectivity index (χ1v) is 11.7. The predicted molar refractivity (Wildman–Crippen MR) is 129 cm³/mol. The molecule has 1 atom stereocenters. The molecule has 36 heavy (non-hydrogen) atoms. The number of benzene rings is 2. The molecular formula is C26H27F2N5O3. The Labute approximate surface area is 207 Å². The van der Waals surface area contributed by atoms with Gasteiger partial charge in [-0.25, -0.2) is 8.78 Å². The number of nitrogens with one attached hydrogen (secondary N) is 4. The number of carbonyl (C=O) groups is 2. The third kappa shape index (κ3) is 5.54. The number of aromatic amines is 1. The molecule has 0 aliphatic carbocycles. The van der Waals surface area contributed by atoms with Crippen LogP contribution >= 0.6 is 0 Å². The second kappa shape index (κ2) is 11.0. The number of nitrogens with zero attached hydrogens (tertiary/aromatic N) is 1. The predicted octanol–water partition coefficient (Wildman–Crippen LogP) is 4.05. The van der Waals surface area contributed by atoms with Gasteiger partial charge in [0.1, 0.15) is 17.3 Å². The van der Waals surface area contributed by atoms with Gasteiger partial charge in [-0.15, -0.1) is 0 Å². The second-order valence-electron chi connectivity index (χ2n) is 8.34. The number of rotatable bonds is 9. The van der Waals surface area contributed by atoms with Crippen LogP contribution in [0.4, 0.5) is 8.78 Å². The van der Waals surface area contributed by atoms with E-state index in [-0.39, 0.29) is 29.8 Å². The van der Waals surface area contributed by atoms with Gasteiger partial charge in [-0.05, 0) is 37.1 Å². The molecule has 1 unspecified atom stereocenters. The maximum atomic E-state index is 13.8. The lowest BCUT2D eigenvalue weighted by Crippen LogP contribution is -2.33. The van der Waals surface area contributed by atoms with Gasteiger partial charge in [0.15, 0.2) is 6.23 Å². The summed E-state index contributed by atoms with van der Waals surface area (Å²) in [6.45, 7) is 3.72. The summed E-state index contributed by atoms with van der Waals surface area (Å²) in [5.41, 5.74) is 2.20. The summed E-state index contributed by atoms with van der Waals surface area (Å²) in [6, 6.07) is 12.6. The molecule has 4 N–H and O–H groups in total. The van der Waals surface area contributed by atoms with Gasteiger partial charge in [-0.2, -0.15) is 5.10 Å². The summed E-state index contributed by atoms with van der Waals surface area (Å²) >= 11 is 0. The van der Waals surface area contributed by atoms with Crippen LogP contribution in [-0.2, 0) is 16.1 Å². The topological polar surface area (TPSA) is 108 Å². The van der Waals surface area contributed by atoms with E-state index in [9.17, 15) is 18.4 Å². The van der Waals surface area contributed by atoms with Gasteiger partial charge >= 0.3 is 0 Å². The van der Waals surface area contributed by atoms with Gasteiger partial charge < -0.3 is 20.7 Å². The highest BCUT2D eigenvalue weighted by atomic mass is 19.1. The smallest absolute Gasteiger partial charge is 0.288 e. The zero-order valence-electron chi connectivity index (χ0n) is 19.9. The highest BCUT2D eigenvalue weighted by Gasteiger charge is 2.25. The van der Waals surface area contributed by atoms with Gasteiger partial charge in [-0.3, -0.25) is 14.7 Å². The third-order valence-corrected chi connectivity index (χ3v) is 5.95. The molecule has 1 aliphatic rings. The largest absolute Gasteiger partial charge is 0.459 e. The molecule has 2 heterocycles. The molecule has 0 saturated carbocycles. The quantitative estimate of drug-likeness (QED) is 0.358. The van der Waals surface area contributed by atoms with E-state index in [1.165, 1.54) is 12.3 Å². The molecule has 1 aliphatic heterocycles. The van der Waals surface area contributed by atoms with E-state index in [1.54, 1.807) is 6.07 Å². The third-order valence-electron chi connectivity index (χ3n) is 5.95. The molecule has 0 radical (unpaired) electrons. The highest BCUT2D eigenvalue weighted by Crippen LogP contribution is 2.27. The molecule has 0 fully saturated rings. The van der Waals surface area contributed by atoms with Gasteiger partial charge in [0.2, 0.25) is 5.76 Å². The van der Waals surface area contributed by atoms with Crippen molar-refractivity contribution >= 4 is 11.8 Å². The normalized spacial score (nSPS) is 14.7. The minimum atomic E-state index is -0.737. The Morgan fingerprint density at radius 1 is 1.06 bits per heavy atom. The lowest BCUT2D eigenvalue weighted by atomic mass is 10.1. The van der Waals surface area contributed by atoms with Crippen molar-refractivity contribution in [2.45, 2.75) is 45.5 Å². The van der Waals surface area contributed by atoms with Crippen molar-refractivity contribution in [2.24, 2.45) is 0 Å². The number of halogens is 2. The van der Waals surface area contributed by atoms with Crippen LogP contribution in [0, 0.1) is 11.6 Å². The first-order valence-electron chi connectivity index (χ1n) is 11.7. The molecule has 4 rings (SSSR count). The number of H-pyrrole nitrogens is 1. The van der Waals surface area contributed by atoms with Crippen LogP contribution in [0.5, 0.6) is 0 Å². The average Bonchev–Trinajstić information content (AvgIpc) is 3.58. The molecule has 8 nitrogen and oxygen atoms in total. The maximum Gasteiger partial charge on any atom is 0.288 e. The Bertz CT molecular complexity index is 1270. The Kier molecular flexibility index (Phi) is 7.62. The van der Waals surface area contributed by atoms with Crippen molar-refractivity contribution in [1.29, 1.82) is 0 Å². The van der Waals surface area contributed by atoms with Crippen molar-refractivity contribution < 1.29 is 23.1 Å². The van der Waals surface area contributed by atoms with Crippen molar-refractivity contribution in [3.8, 4) is 11.3 Å². The van der Waals surface area contributed by atoms with E-state index in [1.807, 2.05) is 38.1 Å². The molecule has 2 amide bonds. The van der Waals surface area contributed by atoms with Crippen LogP contribution < -0.4 is 16.0 Å². The Morgan fingerprint density at radius 3 is 2.50 bits per heavy atom. The lowest BCUT2D eigenvalue weighted by Gasteiger charge is -2.14. The van der Waals surface area contributed by atoms with E-state index < -0.39 is 23.8 Å². The minimum Gasteiger partial charge on any atom is -0.459 e. The number of carbonyl (C=O) groups excluding carboxylic acids is 2. The monoisotopic (exact) mass is 495 g/mol. The van der Waals surface area contributed by atoms with Crippen LogP contribution in [0.2, 0.25) is 0 Å². The summed E-state index contributed by atoms with van der Waals surface area (Å²) in [6.07, 6.45) is 2.44. The molecule has 3 aromatic rings. The zero-order valence-corrected chi connectivity index (χ0v) is 19.9. The second-order valence-corrected chi connectivity index (χ2v) is 8.34. The van der Waals surface area contributed by atoms with Crippen molar-refractivity contribution in [1.82, 2.24) is 26.1 Å². The summed E-state index contributed by atoms with van der Waals surface area (Å²) in [7, 11) is 0. The van der Waals surface area contributed by atoms with E-state index in [0.29, 0.717) is 11.4 Å². The standard InChI is InChI=1S/C26H27F2N5O3/c1-3-17(4-2)31-24(34)22-12-21(32-33-22)15-7-5-8-16(11-15)26-30-14-23(36-26)25(35)29-13-18-19(27)9-6-10-20(18)28/h5-12,14,17,26,30H,3-4,13H2,1-2H3,(H,29,35)(H,31,34)(H,32,33). The van der Waals surface area contributed by atoms with Crippen molar-refractivity contribution in [3.63, 3.8) is 0 Å². The lowest BCUT2D eigenvalue weighted by molar-refractivity contribution is -0.121. The van der Waals surface area contributed by atoms with E-state index in [4.69, 9.17) is 4.74 Å². The maximum absolute atomic E-state index is 13.8. The number of hydrogen-bond acceptors (Lipinski definition) is 5. The minimum absolute atomic E-state index is 0.0118. The van der Waals surface area contributed by atoms with Crippen LogP contribution in [0.1, 0.15) is 54.5 Å². The van der Waals surface area contributed by atoms with Crippen molar-refractivity contribution in [2.75, 3.05) is 0 Å². The van der Waals surface area contributed by atoms with Crippen LogP contribution in [0.25, 0.3) is 11.3 Å². The molecular weight excluding hydrogens is 468 g/mol. The van der Waals surface area contributed by atoms with Crippen LogP contribution in [0.3, 0.4) is 0 Å².